The molecule has 0 radical (unpaired) electrons. The van der Waals surface area contributed by atoms with Crippen LogP contribution in [0.3, 0.4) is 0 Å². The fourth-order valence-electron chi connectivity index (χ4n) is 2.30. The molecule has 2 amide bonds. The average Bonchev–Trinajstić information content (AvgIpc) is 2.27. The van der Waals surface area contributed by atoms with E-state index in [1.54, 1.807) is 0 Å². The van der Waals surface area contributed by atoms with E-state index in [9.17, 15) is 4.79 Å². The lowest BCUT2D eigenvalue weighted by Crippen LogP contribution is -2.51. The summed E-state index contributed by atoms with van der Waals surface area (Å²) in [5, 5.41) is 2.95. The minimum atomic E-state index is 0.0583. The van der Waals surface area contributed by atoms with Crippen molar-refractivity contribution in [2.45, 2.75) is 58.7 Å². The summed E-state index contributed by atoms with van der Waals surface area (Å²) in [4.78, 5) is 16.2. The number of rotatable bonds is 3. The number of nitrogens with one attached hydrogen (secondary N) is 1. The van der Waals surface area contributed by atoms with Gasteiger partial charge in [0.15, 0.2) is 0 Å². The highest BCUT2D eigenvalue weighted by Gasteiger charge is 2.26. The fourth-order valence-corrected chi connectivity index (χ4v) is 2.30. The Morgan fingerprint density at radius 3 is 2.18 bits per heavy atom. The standard InChI is InChI=1S/C13H27N3O/c1-10(2)14-13(17)15(5)12-6-8-16(9-7-12)11(3)4/h10-12H,6-9H2,1-5H3,(H,14,17). The Morgan fingerprint density at radius 2 is 1.76 bits per heavy atom. The van der Waals surface area contributed by atoms with Crippen LogP contribution in [0.4, 0.5) is 4.79 Å². The monoisotopic (exact) mass is 241 g/mol. The molecule has 4 heteroatoms. The van der Waals surface area contributed by atoms with Gasteiger partial charge in [-0.1, -0.05) is 0 Å². The van der Waals surface area contributed by atoms with Crippen molar-refractivity contribution in [2.75, 3.05) is 20.1 Å². The highest BCUT2D eigenvalue weighted by atomic mass is 16.2. The Kier molecular flexibility index (Phi) is 5.25. The molecular formula is C13H27N3O. The minimum absolute atomic E-state index is 0.0583. The van der Waals surface area contributed by atoms with Crippen LogP contribution in [0.1, 0.15) is 40.5 Å². The average molecular weight is 241 g/mol. The second kappa shape index (κ2) is 6.24. The quantitative estimate of drug-likeness (QED) is 0.819. The largest absolute Gasteiger partial charge is 0.336 e. The van der Waals surface area contributed by atoms with Gasteiger partial charge in [0.1, 0.15) is 0 Å². The maximum atomic E-state index is 11.9. The molecular weight excluding hydrogens is 214 g/mol. The van der Waals surface area contributed by atoms with Crippen LogP contribution in [0.5, 0.6) is 0 Å². The maximum Gasteiger partial charge on any atom is 0.317 e. The van der Waals surface area contributed by atoms with Crippen molar-refractivity contribution in [3.05, 3.63) is 0 Å². The van der Waals surface area contributed by atoms with Crippen molar-refractivity contribution in [2.24, 2.45) is 0 Å². The molecule has 0 unspecified atom stereocenters. The van der Waals surface area contributed by atoms with Gasteiger partial charge in [-0.2, -0.15) is 0 Å². The molecule has 1 rings (SSSR count). The number of urea groups is 1. The molecule has 0 aromatic carbocycles. The SMILES string of the molecule is CC(C)NC(=O)N(C)C1CCN(C(C)C)CC1. The Bertz CT molecular complexity index is 245. The van der Waals surface area contributed by atoms with E-state index in [4.69, 9.17) is 0 Å². The molecule has 17 heavy (non-hydrogen) atoms. The van der Waals surface area contributed by atoms with E-state index in [1.807, 2.05) is 25.8 Å². The van der Waals surface area contributed by atoms with Crippen molar-refractivity contribution in [3.63, 3.8) is 0 Å². The van der Waals surface area contributed by atoms with Gasteiger partial charge in [0.05, 0.1) is 0 Å². The van der Waals surface area contributed by atoms with Crippen LogP contribution in [0.2, 0.25) is 0 Å². The van der Waals surface area contributed by atoms with E-state index in [1.165, 1.54) is 0 Å². The summed E-state index contributed by atoms with van der Waals surface area (Å²) in [5.74, 6) is 0. The predicted octanol–water partition coefficient (Wildman–Crippen LogP) is 1.91. The van der Waals surface area contributed by atoms with Crippen LogP contribution in [0.15, 0.2) is 0 Å². The maximum absolute atomic E-state index is 11.9. The molecule has 0 aromatic heterocycles. The van der Waals surface area contributed by atoms with Gasteiger partial charge in [0.2, 0.25) is 0 Å². The molecule has 0 aromatic rings. The lowest BCUT2D eigenvalue weighted by molar-refractivity contribution is 0.116. The summed E-state index contributed by atoms with van der Waals surface area (Å²) in [7, 11) is 1.91. The number of carbonyl (C=O) groups excluding carboxylic acids is 1. The van der Waals surface area contributed by atoms with E-state index in [0.717, 1.165) is 25.9 Å². The number of hydrogen-bond donors (Lipinski definition) is 1. The summed E-state index contributed by atoms with van der Waals surface area (Å²) >= 11 is 0. The number of carbonyl (C=O) groups is 1. The highest BCUT2D eigenvalue weighted by Crippen LogP contribution is 2.17. The first kappa shape index (κ1) is 14.3. The zero-order chi connectivity index (χ0) is 13.0. The number of nitrogens with zero attached hydrogens (tertiary/aromatic N) is 2. The zero-order valence-electron chi connectivity index (χ0n) is 11.9. The smallest absolute Gasteiger partial charge is 0.317 e. The molecule has 1 aliphatic rings. The van der Waals surface area contributed by atoms with E-state index in [-0.39, 0.29) is 12.1 Å². The van der Waals surface area contributed by atoms with Gasteiger partial charge in [-0.15, -0.1) is 0 Å². The van der Waals surface area contributed by atoms with Gasteiger partial charge in [-0.25, -0.2) is 4.79 Å². The molecule has 1 saturated heterocycles. The molecule has 1 aliphatic heterocycles. The number of amides is 2. The molecule has 0 spiro atoms. The number of hydrogen-bond acceptors (Lipinski definition) is 2. The van der Waals surface area contributed by atoms with Crippen LogP contribution in [0.25, 0.3) is 0 Å². The Balaban J connectivity index is 2.40. The third kappa shape index (κ3) is 4.19. The number of likely N-dealkylation sites (tertiary alicyclic amines) is 1. The molecule has 1 N–H and O–H groups in total. The van der Waals surface area contributed by atoms with Gasteiger partial charge in [-0.05, 0) is 40.5 Å². The second-order valence-corrected chi connectivity index (χ2v) is 5.58. The lowest BCUT2D eigenvalue weighted by atomic mass is 10.0. The van der Waals surface area contributed by atoms with Gasteiger partial charge in [0, 0.05) is 38.3 Å². The fraction of sp³-hybridized carbons (Fsp3) is 0.923. The van der Waals surface area contributed by atoms with E-state index in [0.29, 0.717) is 12.1 Å². The van der Waals surface area contributed by atoms with E-state index < -0.39 is 0 Å². The molecule has 100 valence electrons. The predicted molar refractivity (Wildman–Crippen MR) is 71.2 cm³/mol. The summed E-state index contributed by atoms with van der Waals surface area (Å²) in [6.45, 7) is 10.6. The van der Waals surface area contributed by atoms with Crippen LogP contribution in [-0.4, -0.2) is 54.1 Å². The second-order valence-electron chi connectivity index (χ2n) is 5.58. The van der Waals surface area contributed by atoms with Crippen LogP contribution in [0, 0.1) is 0 Å². The van der Waals surface area contributed by atoms with Gasteiger partial charge >= 0.3 is 6.03 Å². The molecule has 0 bridgehead atoms. The number of piperidine rings is 1. The molecule has 1 fully saturated rings. The summed E-state index contributed by atoms with van der Waals surface area (Å²) in [6, 6.07) is 1.28. The van der Waals surface area contributed by atoms with Crippen molar-refractivity contribution < 1.29 is 4.79 Å². The molecule has 4 nitrogen and oxygen atoms in total. The van der Waals surface area contributed by atoms with Gasteiger partial charge in [0.25, 0.3) is 0 Å². The highest BCUT2D eigenvalue weighted by molar-refractivity contribution is 5.74. The van der Waals surface area contributed by atoms with Crippen molar-refractivity contribution in [1.82, 2.24) is 15.1 Å². The molecule has 1 heterocycles. The Labute approximate surface area is 105 Å². The summed E-state index contributed by atoms with van der Waals surface area (Å²) < 4.78 is 0. The summed E-state index contributed by atoms with van der Waals surface area (Å²) in [6.07, 6.45) is 2.17. The lowest BCUT2D eigenvalue weighted by Gasteiger charge is -2.38. The van der Waals surface area contributed by atoms with Crippen LogP contribution in [-0.2, 0) is 0 Å². The van der Waals surface area contributed by atoms with Crippen molar-refractivity contribution in [1.29, 1.82) is 0 Å². The first-order valence-electron chi connectivity index (χ1n) is 6.69. The normalized spacial score (nSPS) is 18.8. The van der Waals surface area contributed by atoms with Crippen molar-refractivity contribution in [3.8, 4) is 0 Å². The van der Waals surface area contributed by atoms with Gasteiger partial charge in [-0.3, -0.25) is 0 Å². The molecule has 0 saturated carbocycles. The molecule has 0 atom stereocenters. The van der Waals surface area contributed by atoms with Crippen LogP contribution >= 0.6 is 0 Å². The first-order chi connectivity index (χ1) is 7.91. The minimum Gasteiger partial charge on any atom is -0.336 e. The zero-order valence-corrected chi connectivity index (χ0v) is 11.9. The van der Waals surface area contributed by atoms with Gasteiger partial charge < -0.3 is 15.1 Å². The topological polar surface area (TPSA) is 35.6 Å². The summed E-state index contributed by atoms with van der Waals surface area (Å²) in [5.41, 5.74) is 0. The Morgan fingerprint density at radius 1 is 1.24 bits per heavy atom. The third-order valence-electron chi connectivity index (χ3n) is 3.51. The van der Waals surface area contributed by atoms with E-state index >= 15 is 0 Å². The first-order valence-corrected chi connectivity index (χ1v) is 6.69. The van der Waals surface area contributed by atoms with Crippen LogP contribution < -0.4 is 5.32 Å². The van der Waals surface area contributed by atoms with Crippen molar-refractivity contribution >= 4 is 6.03 Å². The molecule has 0 aliphatic carbocycles. The third-order valence-corrected chi connectivity index (χ3v) is 3.51. The van der Waals surface area contributed by atoms with E-state index in [2.05, 4.69) is 24.1 Å². The Hall–Kier alpha value is -0.770.